The number of aliphatic hydroxyl groups is 1. The Hall–Kier alpha value is -1.61. The van der Waals surface area contributed by atoms with E-state index in [-0.39, 0.29) is 5.92 Å². The molecule has 1 fully saturated rings. The fraction of sp³-hybridized carbons (Fsp3) is 0.250. The molecule has 1 N–H and O–H groups in total. The predicted molar refractivity (Wildman–Crippen MR) is 55.0 cm³/mol. The van der Waals surface area contributed by atoms with Gasteiger partial charge in [-0.1, -0.05) is 36.4 Å². The van der Waals surface area contributed by atoms with Crippen LogP contribution >= 0.6 is 0 Å². The van der Waals surface area contributed by atoms with Crippen molar-refractivity contribution in [2.24, 2.45) is 5.92 Å². The molecule has 1 saturated heterocycles. The number of hydrogen-bond donors (Lipinski definition) is 1. The molecule has 0 aliphatic carbocycles. The van der Waals surface area contributed by atoms with Gasteiger partial charge >= 0.3 is 5.97 Å². The van der Waals surface area contributed by atoms with Gasteiger partial charge in [-0.05, 0) is 5.56 Å². The SMILES string of the molecule is C=C[C@@H]1[C@@H](c2ccccc2)OC(=O)[C@@H]1O. The second kappa shape index (κ2) is 3.87. The molecule has 0 bridgehead atoms. The first kappa shape index (κ1) is 9.93. The van der Waals surface area contributed by atoms with Gasteiger partial charge < -0.3 is 9.84 Å². The summed E-state index contributed by atoms with van der Waals surface area (Å²) < 4.78 is 5.10. The summed E-state index contributed by atoms with van der Waals surface area (Å²) in [7, 11) is 0. The van der Waals surface area contributed by atoms with Crippen LogP contribution in [0.1, 0.15) is 11.7 Å². The molecule has 1 aromatic rings. The third-order valence-corrected chi connectivity index (χ3v) is 2.60. The zero-order chi connectivity index (χ0) is 10.8. The summed E-state index contributed by atoms with van der Waals surface area (Å²) in [4.78, 5) is 11.2. The Morgan fingerprint density at radius 1 is 1.33 bits per heavy atom. The smallest absolute Gasteiger partial charge is 0.336 e. The molecule has 0 unspecified atom stereocenters. The van der Waals surface area contributed by atoms with E-state index in [1.807, 2.05) is 30.3 Å². The maximum Gasteiger partial charge on any atom is 0.336 e. The minimum Gasteiger partial charge on any atom is -0.455 e. The van der Waals surface area contributed by atoms with Gasteiger partial charge in [-0.25, -0.2) is 4.79 Å². The normalized spacial score (nSPS) is 29.9. The van der Waals surface area contributed by atoms with Crippen molar-refractivity contribution >= 4 is 5.97 Å². The standard InChI is InChI=1S/C12H12O3/c1-2-9-10(13)12(14)15-11(9)8-6-4-3-5-7-8/h2-7,9-11,13H,1H2/t9-,10+,11+/m0/s1. The zero-order valence-corrected chi connectivity index (χ0v) is 8.17. The van der Waals surface area contributed by atoms with Gasteiger partial charge in [-0.15, -0.1) is 6.58 Å². The lowest BCUT2D eigenvalue weighted by atomic mass is 9.94. The summed E-state index contributed by atoms with van der Waals surface area (Å²) in [6.45, 7) is 3.61. The highest BCUT2D eigenvalue weighted by Gasteiger charge is 2.42. The Kier molecular flexibility index (Phi) is 2.56. The lowest BCUT2D eigenvalue weighted by Crippen LogP contribution is -2.20. The van der Waals surface area contributed by atoms with Gasteiger partial charge in [0.15, 0.2) is 6.10 Å². The molecule has 1 aliphatic heterocycles. The predicted octanol–water partition coefficient (Wildman–Crippen LogP) is 1.45. The van der Waals surface area contributed by atoms with E-state index in [4.69, 9.17) is 4.74 Å². The van der Waals surface area contributed by atoms with Gasteiger partial charge in [0, 0.05) is 0 Å². The quantitative estimate of drug-likeness (QED) is 0.585. The molecule has 1 heterocycles. The zero-order valence-electron chi connectivity index (χ0n) is 8.17. The topological polar surface area (TPSA) is 46.5 Å². The highest BCUT2D eigenvalue weighted by atomic mass is 16.6. The summed E-state index contributed by atoms with van der Waals surface area (Å²) in [6.07, 6.45) is 0.0617. The van der Waals surface area contributed by atoms with Crippen LogP contribution in [0.2, 0.25) is 0 Å². The molecule has 0 saturated carbocycles. The average Bonchev–Trinajstić information content (AvgIpc) is 2.56. The van der Waals surface area contributed by atoms with Gasteiger partial charge in [0.25, 0.3) is 0 Å². The minimum atomic E-state index is -1.09. The maximum atomic E-state index is 11.2. The number of benzene rings is 1. The van der Waals surface area contributed by atoms with Gasteiger partial charge in [0.2, 0.25) is 0 Å². The lowest BCUT2D eigenvalue weighted by Gasteiger charge is -2.14. The molecule has 0 amide bonds. The molecule has 3 atom stereocenters. The summed E-state index contributed by atoms with van der Waals surface area (Å²) in [5.41, 5.74) is 0.882. The molecule has 1 aliphatic rings. The van der Waals surface area contributed by atoms with E-state index in [9.17, 15) is 9.90 Å². The Morgan fingerprint density at radius 2 is 2.00 bits per heavy atom. The van der Waals surface area contributed by atoms with E-state index in [0.717, 1.165) is 5.56 Å². The van der Waals surface area contributed by atoms with Crippen molar-refractivity contribution in [3.63, 3.8) is 0 Å². The van der Waals surface area contributed by atoms with E-state index in [1.165, 1.54) is 0 Å². The fourth-order valence-electron chi connectivity index (χ4n) is 1.78. The van der Waals surface area contributed by atoms with Crippen molar-refractivity contribution in [2.45, 2.75) is 12.2 Å². The molecule has 2 rings (SSSR count). The molecular weight excluding hydrogens is 192 g/mol. The number of carbonyl (C=O) groups excluding carboxylic acids is 1. The number of carbonyl (C=O) groups is 1. The van der Waals surface area contributed by atoms with Crippen molar-refractivity contribution in [3.05, 3.63) is 48.6 Å². The Morgan fingerprint density at radius 3 is 2.60 bits per heavy atom. The summed E-state index contributed by atoms with van der Waals surface area (Å²) in [5, 5.41) is 9.54. The van der Waals surface area contributed by atoms with Crippen LogP contribution in [0.15, 0.2) is 43.0 Å². The molecular formula is C12H12O3. The molecule has 3 heteroatoms. The summed E-state index contributed by atoms with van der Waals surface area (Å²) in [6, 6.07) is 9.36. The molecule has 0 aromatic heterocycles. The van der Waals surface area contributed by atoms with Crippen LogP contribution in [0.3, 0.4) is 0 Å². The van der Waals surface area contributed by atoms with Gasteiger partial charge in [-0.2, -0.15) is 0 Å². The monoisotopic (exact) mass is 204 g/mol. The minimum absolute atomic E-state index is 0.361. The Balaban J connectivity index is 2.31. The summed E-state index contributed by atoms with van der Waals surface area (Å²) in [5.74, 6) is -0.936. The van der Waals surface area contributed by atoms with Crippen molar-refractivity contribution < 1.29 is 14.6 Å². The number of cyclic esters (lactones) is 1. The average molecular weight is 204 g/mol. The van der Waals surface area contributed by atoms with Crippen molar-refractivity contribution in [1.29, 1.82) is 0 Å². The van der Waals surface area contributed by atoms with Crippen LogP contribution in [-0.2, 0) is 9.53 Å². The van der Waals surface area contributed by atoms with Crippen molar-refractivity contribution in [3.8, 4) is 0 Å². The van der Waals surface area contributed by atoms with Crippen molar-refractivity contribution in [2.75, 3.05) is 0 Å². The highest BCUT2D eigenvalue weighted by molar-refractivity contribution is 5.78. The van der Waals surface area contributed by atoms with E-state index in [0.29, 0.717) is 0 Å². The molecule has 0 radical (unpaired) electrons. The lowest BCUT2D eigenvalue weighted by molar-refractivity contribution is -0.147. The van der Waals surface area contributed by atoms with Crippen LogP contribution in [0.4, 0.5) is 0 Å². The number of ether oxygens (including phenoxy) is 1. The first-order chi connectivity index (χ1) is 7.24. The van der Waals surface area contributed by atoms with Crippen LogP contribution in [0.25, 0.3) is 0 Å². The second-order valence-electron chi connectivity index (χ2n) is 3.53. The number of rotatable bonds is 2. The van der Waals surface area contributed by atoms with Crippen LogP contribution < -0.4 is 0 Å². The highest BCUT2D eigenvalue weighted by Crippen LogP contribution is 2.35. The first-order valence-electron chi connectivity index (χ1n) is 4.80. The molecule has 0 spiro atoms. The van der Waals surface area contributed by atoms with Crippen molar-refractivity contribution in [1.82, 2.24) is 0 Å². The third kappa shape index (κ3) is 1.66. The molecule has 1 aromatic carbocycles. The number of hydrogen-bond acceptors (Lipinski definition) is 3. The van der Waals surface area contributed by atoms with Crippen LogP contribution in [0.5, 0.6) is 0 Å². The first-order valence-corrected chi connectivity index (χ1v) is 4.80. The fourth-order valence-corrected chi connectivity index (χ4v) is 1.78. The summed E-state index contributed by atoms with van der Waals surface area (Å²) >= 11 is 0. The van der Waals surface area contributed by atoms with Crippen LogP contribution in [-0.4, -0.2) is 17.2 Å². The maximum absolute atomic E-state index is 11.2. The molecule has 15 heavy (non-hydrogen) atoms. The van der Waals surface area contributed by atoms with Gasteiger partial charge in [0.05, 0.1) is 5.92 Å². The van der Waals surface area contributed by atoms with E-state index in [1.54, 1.807) is 6.08 Å². The van der Waals surface area contributed by atoms with E-state index in [2.05, 4.69) is 6.58 Å². The molecule has 78 valence electrons. The van der Waals surface area contributed by atoms with E-state index < -0.39 is 18.2 Å². The third-order valence-electron chi connectivity index (χ3n) is 2.60. The van der Waals surface area contributed by atoms with Gasteiger partial charge in [-0.3, -0.25) is 0 Å². The largest absolute Gasteiger partial charge is 0.455 e. The van der Waals surface area contributed by atoms with Crippen LogP contribution in [0, 0.1) is 5.92 Å². The van der Waals surface area contributed by atoms with Gasteiger partial charge in [0.1, 0.15) is 6.10 Å². The Labute approximate surface area is 88.0 Å². The second-order valence-corrected chi connectivity index (χ2v) is 3.53. The number of esters is 1. The number of aliphatic hydroxyl groups excluding tert-OH is 1. The Bertz CT molecular complexity index is 372. The van der Waals surface area contributed by atoms with E-state index >= 15 is 0 Å². The molecule has 3 nitrogen and oxygen atoms in total.